The minimum atomic E-state index is -0.617. The van der Waals surface area contributed by atoms with E-state index in [1.54, 1.807) is 54.8 Å². The molecular formula is C24H21N3O5S. The van der Waals surface area contributed by atoms with Gasteiger partial charge in [0.25, 0.3) is 5.56 Å². The highest BCUT2D eigenvalue weighted by atomic mass is 32.1. The van der Waals surface area contributed by atoms with Crippen molar-refractivity contribution in [1.29, 1.82) is 0 Å². The van der Waals surface area contributed by atoms with Gasteiger partial charge in [-0.05, 0) is 49.1 Å². The summed E-state index contributed by atoms with van der Waals surface area (Å²) in [7, 11) is 0. The topological polar surface area (TPSA) is 99.4 Å². The van der Waals surface area contributed by atoms with Crippen molar-refractivity contribution in [3.8, 4) is 5.69 Å². The molecule has 2 heterocycles. The minimum Gasteiger partial charge on any atom is -0.462 e. The van der Waals surface area contributed by atoms with E-state index in [9.17, 15) is 19.2 Å². The molecule has 168 valence electrons. The van der Waals surface area contributed by atoms with Crippen LogP contribution in [0.2, 0.25) is 0 Å². The van der Waals surface area contributed by atoms with Gasteiger partial charge in [-0.3, -0.25) is 14.2 Å². The molecular weight excluding hydrogens is 442 g/mol. The summed E-state index contributed by atoms with van der Waals surface area (Å²) in [5.74, 6) is -1.07. The lowest BCUT2D eigenvalue weighted by Crippen LogP contribution is -2.40. The lowest BCUT2D eigenvalue weighted by atomic mass is 10.2. The standard InChI is InChI=1S/C24H21N3O5S/c1-3-32-23(30)16-9-5-6-10-17(16)25-20(28)14-26-19-12-13-33-21(19)22(29)27(24(26)31)18-11-7-4-8-15(18)2/h4-13H,3,14H2,1-2H3,(H,25,28). The number of thiophene rings is 1. The van der Waals surface area contributed by atoms with Gasteiger partial charge in [-0.2, -0.15) is 0 Å². The number of aromatic nitrogens is 2. The minimum absolute atomic E-state index is 0.201. The molecule has 0 radical (unpaired) electrons. The van der Waals surface area contributed by atoms with Crippen LogP contribution in [0.4, 0.5) is 5.69 Å². The van der Waals surface area contributed by atoms with Crippen molar-refractivity contribution < 1.29 is 14.3 Å². The number of nitrogens with one attached hydrogen (secondary N) is 1. The van der Waals surface area contributed by atoms with Crippen LogP contribution in [0.5, 0.6) is 0 Å². The Balaban J connectivity index is 1.75. The summed E-state index contributed by atoms with van der Waals surface area (Å²) >= 11 is 1.21. The maximum atomic E-state index is 13.4. The molecule has 9 heteroatoms. The fraction of sp³-hybridized carbons (Fsp3) is 0.167. The highest BCUT2D eigenvalue weighted by Gasteiger charge is 2.19. The number of rotatable bonds is 6. The zero-order valence-corrected chi connectivity index (χ0v) is 18.8. The number of nitrogens with zero attached hydrogens (tertiary/aromatic N) is 2. The van der Waals surface area contributed by atoms with Gasteiger partial charge in [-0.15, -0.1) is 11.3 Å². The fourth-order valence-electron chi connectivity index (χ4n) is 3.58. The quantitative estimate of drug-likeness (QED) is 0.442. The van der Waals surface area contributed by atoms with E-state index < -0.39 is 23.1 Å². The Labute approximate surface area is 192 Å². The first kappa shape index (κ1) is 22.2. The van der Waals surface area contributed by atoms with Crippen molar-refractivity contribution in [2.45, 2.75) is 20.4 Å². The third-order valence-corrected chi connectivity index (χ3v) is 6.00. The maximum absolute atomic E-state index is 13.4. The summed E-state index contributed by atoms with van der Waals surface area (Å²) in [6.45, 7) is 3.37. The molecule has 0 saturated heterocycles. The smallest absolute Gasteiger partial charge is 0.340 e. The van der Waals surface area contributed by atoms with Crippen LogP contribution in [0.25, 0.3) is 15.9 Å². The van der Waals surface area contributed by atoms with Gasteiger partial charge in [0, 0.05) is 0 Å². The van der Waals surface area contributed by atoms with E-state index in [0.29, 0.717) is 15.9 Å². The number of ether oxygens (including phenoxy) is 1. The lowest BCUT2D eigenvalue weighted by Gasteiger charge is -2.14. The van der Waals surface area contributed by atoms with Crippen LogP contribution in [-0.2, 0) is 16.1 Å². The molecule has 0 spiro atoms. The molecule has 33 heavy (non-hydrogen) atoms. The summed E-state index contributed by atoms with van der Waals surface area (Å²) in [5.41, 5.74) is 1.05. The predicted octanol–water partition coefficient (Wildman–Crippen LogP) is 3.34. The molecule has 0 atom stereocenters. The fourth-order valence-corrected chi connectivity index (χ4v) is 4.40. The second-order valence-electron chi connectivity index (χ2n) is 7.24. The van der Waals surface area contributed by atoms with Gasteiger partial charge in [-0.25, -0.2) is 14.2 Å². The second kappa shape index (κ2) is 9.25. The SMILES string of the molecule is CCOC(=O)c1ccccc1NC(=O)Cn1c(=O)n(-c2ccccc2C)c(=O)c2sccc21. The zero-order chi connectivity index (χ0) is 23.5. The monoisotopic (exact) mass is 463 g/mol. The molecule has 0 unspecified atom stereocenters. The molecule has 0 bridgehead atoms. The van der Waals surface area contributed by atoms with Crippen molar-refractivity contribution >= 4 is 39.1 Å². The lowest BCUT2D eigenvalue weighted by molar-refractivity contribution is -0.116. The van der Waals surface area contributed by atoms with Gasteiger partial charge in [0.05, 0.1) is 29.1 Å². The van der Waals surface area contributed by atoms with Crippen LogP contribution < -0.4 is 16.6 Å². The first-order valence-electron chi connectivity index (χ1n) is 10.3. The number of carbonyl (C=O) groups is 2. The number of hydrogen-bond donors (Lipinski definition) is 1. The first-order chi connectivity index (χ1) is 15.9. The van der Waals surface area contributed by atoms with E-state index in [0.717, 1.165) is 10.1 Å². The number of carbonyl (C=O) groups excluding carboxylic acids is 2. The molecule has 2 aromatic heterocycles. The number of amides is 1. The molecule has 1 N–H and O–H groups in total. The van der Waals surface area contributed by atoms with Crippen LogP contribution in [0.15, 0.2) is 69.6 Å². The molecule has 4 rings (SSSR count). The van der Waals surface area contributed by atoms with Crippen molar-refractivity contribution in [3.63, 3.8) is 0 Å². The number of aryl methyl sites for hydroxylation is 1. The van der Waals surface area contributed by atoms with Crippen molar-refractivity contribution in [3.05, 3.63) is 91.9 Å². The Morgan fingerprint density at radius 2 is 1.76 bits per heavy atom. The van der Waals surface area contributed by atoms with Gasteiger partial charge in [0.2, 0.25) is 5.91 Å². The first-order valence-corrected chi connectivity index (χ1v) is 11.2. The molecule has 8 nitrogen and oxygen atoms in total. The molecule has 0 aliphatic heterocycles. The van der Waals surface area contributed by atoms with Crippen LogP contribution in [0.1, 0.15) is 22.8 Å². The largest absolute Gasteiger partial charge is 0.462 e. The highest BCUT2D eigenvalue weighted by molar-refractivity contribution is 7.17. The van der Waals surface area contributed by atoms with E-state index in [1.165, 1.54) is 15.9 Å². The van der Waals surface area contributed by atoms with E-state index in [2.05, 4.69) is 5.32 Å². The van der Waals surface area contributed by atoms with E-state index in [4.69, 9.17) is 4.74 Å². The average Bonchev–Trinajstić information content (AvgIpc) is 3.29. The summed E-state index contributed by atoms with van der Waals surface area (Å²) in [5, 5.41) is 4.39. The zero-order valence-electron chi connectivity index (χ0n) is 18.0. The van der Waals surface area contributed by atoms with Crippen molar-refractivity contribution in [2.75, 3.05) is 11.9 Å². The van der Waals surface area contributed by atoms with Crippen molar-refractivity contribution in [2.24, 2.45) is 0 Å². The summed E-state index contributed by atoms with van der Waals surface area (Å²) < 4.78 is 7.77. The Kier molecular flexibility index (Phi) is 6.23. The van der Waals surface area contributed by atoms with Gasteiger partial charge in [0.1, 0.15) is 11.2 Å². The Hall–Kier alpha value is -3.98. The Morgan fingerprint density at radius 1 is 1.03 bits per heavy atom. The number of para-hydroxylation sites is 2. The third kappa shape index (κ3) is 4.22. The summed E-state index contributed by atoms with van der Waals surface area (Å²) in [6, 6.07) is 15.2. The molecule has 1 amide bonds. The number of anilines is 1. The molecule has 4 aromatic rings. The van der Waals surface area contributed by atoms with E-state index >= 15 is 0 Å². The van der Waals surface area contributed by atoms with Crippen LogP contribution >= 0.6 is 11.3 Å². The van der Waals surface area contributed by atoms with Gasteiger partial charge >= 0.3 is 11.7 Å². The Bertz CT molecular complexity index is 1480. The highest BCUT2D eigenvalue weighted by Crippen LogP contribution is 2.19. The van der Waals surface area contributed by atoms with Gasteiger partial charge in [-0.1, -0.05) is 30.3 Å². The molecule has 0 aliphatic rings. The van der Waals surface area contributed by atoms with Crippen molar-refractivity contribution in [1.82, 2.24) is 9.13 Å². The molecule has 0 aliphatic carbocycles. The number of esters is 1. The third-order valence-electron chi connectivity index (χ3n) is 5.11. The van der Waals surface area contributed by atoms with Crippen LogP contribution in [-0.4, -0.2) is 27.6 Å². The van der Waals surface area contributed by atoms with E-state index in [1.807, 2.05) is 19.1 Å². The van der Waals surface area contributed by atoms with E-state index in [-0.39, 0.29) is 24.4 Å². The average molecular weight is 464 g/mol. The molecule has 2 aromatic carbocycles. The number of benzene rings is 2. The van der Waals surface area contributed by atoms with Gasteiger partial charge in [0.15, 0.2) is 0 Å². The maximum Gasteiger partial charge on any atom is 0.340 e. The molecule has 0 fully saturated rings. The Morgan fingerprint density at radius 3 is 2.52 bits per heavy atom. The number of hydrogen-bond acceptors (Lipinski definition) is 6. The van der Waals surface area contributed by atoms with Gasteiger partial charge < -0.3 is 10.1 Å². The van der Waals surface area contributed by atoms with Crippen LogP contribution in [0, 0.1) is 6.92 Å². The van der Waals surface area contributed by atoms with Crippen LogP contribution in [0.3, 0.4) is 0 Å². The normalized spacial score (nSPS) is 10.8. The predicted molar refractivity (Wildman–Crippen MR) is 127 cm³/mol. The molecule has 0 saturated carbocycles. The summed E-state index contributed by atoms with van der Waals surface area (Å²) in [4.78, 5) is 51.6. The second-order valence-corrected chi connectivity index (χ2v) is 8.16. The number of fused-ring (bicyclic) bond motifs is 1. The summed E-state index contributed by atoms with van der Waals surface area (Å²) in [6.07, 6.45) is 0.